The molecule has 9 heteroatoms. The van der Waals surface area contributed by atoms with Crippen LogP contribution in [0.1, 0.15) is 27.6 Å². The highest BCUT2D eigenvalue weighted by molar-refractivity contribution is 7.98. The number of non-ortho nitro benzene ring substituents is 1. The minimum Gasteiger partial charge on any atom is -0.286 e. The second-order valence-electron chi connectivity index (χ2n) is 7.97. The summed E-state index contributed by atoms with van der Waals surface area (Å²) in [5.74, 6) is -0.672. The molecule has 1 fully saturated rings. The maximum Gasteiger partial charge on any atom is 0.271 e. The third-order valence-electron chi connectivity index (χ3n) is 5.81. The van der Waals surface area contributed by atoms with Gasteiger partial charge in [0.1, 0.15) is 4.91 Å². The number of anilines is 1. The molecule has 7 nitrogen and oxygen atoms in total. The van der Waals surface area contributed by atoms with E-state index in [9.17, 15) is 23.3 Å². The molecule has 1 aliphatic rings. The van der Waals surface area contributed by atoms with Crippen LogP contribution in [0.2, 0.25) is 0 Å². The van der Waals surface area contributed by atoms with Crippen molar-refractivity contribution in [2.24, 2.45) is 0 Å². The summed E-state index contributed by atoms with van der Waals surface area (Å²) in [6.45, 7) is 3.80. The first kappa shape index (κ1) is 23.7. The van der Waals surface area contributed by atoms with Crippen LogP contribution >= 0.6 is 11.8 Å². The molecule has 0 saturated carbocycles. The first-order valence-corrected chi connectivity index (χ1v) is 13.2. The maximum atomic E-state index is 13.7. The molecule has 0 aromatic heterocycles. The van der Waals surface area contributed by atoms with Crippen molar-refractivity contribution < 1.29 is 18.1 Å². The molecular weight excluding hydrogens is 472 g/mol. The minimum atomic E-state index is -4.20. The van der Waals surface area contributed by atoms with Crippen molar-refractivity contribution in [3.05, 3.63) is 104 Å². The Hall–Kier alpha value is -3.43. The Kier molecular flexibility index (Phi) is 6.33. The van der Waals surface area contributed by atoms with Crippen LogP contribution in [0.15, 0.2) is 76.5 Å². The van der Waals surface area contributed by atoms with Crippen LogP contribution in [0.3, 0.4) is 0 Å². The van der Waals surface area contributed by atoms with Gasteiger partial charge in [-0.1, -0.05) is 30.3 Å². The molecule has 1 heterocycles. The van der Waals surface area contributed by atoms with Gasteiger partial charge in [-0.15, -0.1) is 11.8 Å². The summed E-state index contributed by atoms with van der Waals surface area (Å²) in [6, 6.07) is 17.9. The molecule has 0 aliphatic carbocycles. The van der Waals surface area contributed by atoms with Gasteiger partial charge in [0, 0.05) is 22.7 Å². The van der Waals surface area contributed by atoms with E-state index in [1.165, 1.54) is 35.2 Å². The highest BCUT2D eigenvalue weighted by atomic mass is 32.2. The summed E-state index contributed by atoms with van der Waals surface area (Å²) in [5.41, 5.74) is 2.78. The Balaban J connectivity index is 1.92. The summed E-state index contributed by atoms with van der Waals surface area (Å²) < 4.78 is 27.5. The number of benzene rings is 3. The van der Waals surface area contributed by atoms with E-state index < -0.39 is 26.0 Å². The van der Waals surface area contributed by atoms with Crippen LogP contribution in [0.5, 0.6) is 0 Å². The minimum absolute atomic E-state index is 0.155. The average Bonchev–Trinajstić information content (AvgIpc) is 3.01. The monoisotopic (exact) mass is 494 g/mol. The SMILES string of the molecule is CSc1ccc(/C=C2\C(=O)N(c3ccc(C)c(C)c3)[C@@H](c3cccc([N+](=O)[O-])c3)S2(=O)=O)cc1. The van der Waals surface area contributed by atoms with Gasteiger partial charge >= 0.3 is 0 Å². The van der Waals surface area contributed by atoms with E-state index in [2.05, 4.69) is 0 Å². The van der Waals surface area contributed by atoms with Crippen LogP contribution in [-0.4, -0.2) is 25.5 Å². The first-order chi connectivity index (χ1) is 16.1. The van der Waals surface area contributed by atoms with Crippen molar-refractivity contribution in [1.29, 1.82) is 0 Å². The number of aryl methyl sites for hydroxylation is 2. The van der Waals surface area contributed by atoms with E-state index in [4.69, 9.17) is 0 Å². The second kappa shape index (κ2) is 9.08. The second-order valence-corrected chi connectivity index (χ2v) is 10.8. The molecule has 1 amide bonds. The van der Waals surface area contributed by atoms with Gasteiger partial charge in [-0.3, -0.25) is 19.8 Å². The Morgan fingerprint density at radius 1 is 1.00 bits per heavy atom. The van der Waals surface area contributed by atoms with E-state index in [-0.39, 0.29) is 16.2 Å². The van der Waals surface area contributed by atoms with Crippen molar-refractivity contribution in [1.82, 2.24) is 0 Å². The van der Waals surface area contributed by atoms with Gasteiger partial charge in [-0.2, -0.15) is 0 Å². The van der Waals surface area contributed by atoms with Gasteiger partial charge < -0.3 is 0 Å². The average molecular weight is 495 g/mol. The molecule has 4 rings (SSSR count). The molecule has 34 heavy (non-hydrogen) atoms. The van der Waals surface area contributed by atoms with Gasteiger partial charge in [0.15, 0.2) is 5.37 Å². The summed E-state index contributed by atoms with van der Waals surface area (Å²) in [7, 11) is -4.20. The number of hydrogen-bond acceptors (Lipinski definition) is 6. The Labute approximate surface area is 202 Å². The Morgan fingerprint density at radius 2 is 1.71 bits per heavy atom. The molecule has 0 spiro atoms. The number of nitro benzene ring substituents is 1. The third-order valence-corrected chi connectivity index (χ3v) is 8.53. The van der Waals surface area contributed by atoms with Gasteiger partial charge in [0.25, 0.3) is 11.6 Å². The summed E-state index contributed by atoms with van der Waals surface area (Å²) in [6.07, 6.45) is 3.30. The fourth-order valence-electron chi connectivity index (χ4n) is 3.85. The Morgan fingerprint density at radius 3 is 2.32 bits per heavy atom. The molecule has 1 saturated heterocycles. The lowest BCUT2D eigenvalue weighted by molar-refractivity contribution is -0.384. The number of rotatable bonds is 5. The fourth-order valence-corrected chi connectivity index (χ4v) is 6.14. The zero-order chi connectivity index (χ0) is 24.6. The molecule has 1 atom stereocenters. The normalized spacial score (nSPS) is 18.4. The van der Waals surface area contributed by atoms with E-state index >= 15 is 0 Å². The number of thioether (sulfide) groups is 1. The predicted molar refractivity (Wildman–Crippen MR) is 134 cm³/mol. The van der Waals surface area contributed by atoms with Crippen molar-refractivity contribution in [2.45, 2.75) is 24.1 Å². The van der Waals surface area contributed by atoms with Gasteiger partial charge in [0.05, 0.1) is 4.92 Å². The van der Waals surface area contributed by atoms with Gasteiger partial charge in [0.2, 0.25) is 9.84 Å². The fraction of sp³-hybridized carbons (Fsp3) is 0.160. The molecule has 3 aromatic rings. The summed E-state index contributed by atoms with van der Waals surface area (Å²) >= 11 is 1.55. The van der Waals surface area contributed by atoms with Gasteiger partial charge in [-0.25, -0.2) is 8.42 Å². The standard InChI is InChI=1S/C25H22N2O5S2/c1-16-7-10-20(13-17(16)2)26-24(28)23(14-18-8-11-22(33-3)12-9-18)34(31,32)25(26)19-5-4-6-21(15-19)27(29)30/h4-15,25H,1-3H3/b23-14+/t25-/m1/s1. The highest BCUT2D eigenvalue weighted by Gasteiger charge is 2.50. The molecule has 0 bridgehead atoms. The van der Waals surface area contributed by atoms with E-state index in [0.29, 0.717) is 11.3 Å². The van der Waals surface area contributed by atoms with Crippen molar-refractivity contribution in [3.63, 3.8) is 0 Å². The van der Waals surface area contributed by atoms with Crippen molar-refractivity contribution in [2.75, 3.05) is 11.2 Å². The number of carbonyl (C=O) groups excluding carboxylic acids is 1. The Bertz CT molecular complexity index is 1430. The molecule has 3 aromatic carbocycles. The molecular formula is C25H22N2O5S2. The lowest BCUT2D eigenvalue weighted by Gasteiger charge is -2.24. The van der Waals surface area contributed by atoms with Crippen LogP contribution in [0, 0.1) is 24.0 Å². The van der Waals surface area contributed by atoms with Gasteiger partial charge in [-0.05, 0) is 72.7 Å². The number of nitro groups is 1. The number of hydrogen-bond donors (Lipinski definition) is 0. The lowest BCUT2D eigenvalue weighted by atomic mass is 10.1. The number of nitrogens with zero attached hydrogens (tertiary/aromatic N) is 2. The van der Waals surface area contributed by atoms with Crippen LogP contribution < -0.4 is 4.90 Å². The first-order valence-electron chi connectivity index (χ1n) is 10.4. The number of sulfone groups is 1. The summed E-state index contributed by atoms with van der Waals surface area (Å²) in [5, 5.41) is 9.93. The molecule has 0 N–H and O–H groups in total. The molecule has 174 valence electrons. The number of carbonyl (C=O) groups is 1. The van der Waals surface area contributed by atoms with E-state index in [1.54, 1.807) is 36.0 Å². The van der Waals surface area contributed by atoms with Crippen molar-refractivity contribution in [3.8, 4) is 0 Å². The quantitative estimate of drug-likeness (QED) is 0.203. The highest BCUT2D eigenvalue weighted by Crippen LogP contribution is 2.44. The lowest BCUT2D eigenvalue weighted by Crippen LogP contribution is -2.29. The number of amides is 1. The van der Waals surface area contributed by atoms with Crippen LogP contribution in [0.4, 0.5) is 11.4 Å². The molecule has 0 radical (unpaired) electrons. The molecule has 1 aliphatic heterocycles. The summed E-state index contributed by atoms with van der Waals surface area (Å²) in [4.78, 5) is 26.2. The van der Waals surface area contributed by atoms with Crippen molar-refractivity contribution >= 4 is 45.0 Å². The third kappa shape index (κ3) is 4.24. The van der Waals surface area contributed by atoms with E-state index in [0.717, 1.165) is 16.0 Å². The predicted octanol–water partition coefficient (Wildman–Crippen LogP) is 5.43. The van der Waals surface area contributed by atoms with Crippen LogP contribution in [0.25, 0.3) is 6.08 Å². The topological polar surface area (TPSA) is 97.6 Å². The largest absolute Gasteiger partial charge is 0.286 e. The van der Waals surface area contributed by atoms with E-state index in [1.807, 2.05) is 38.3 Å². The zero-order valence-corrected chi connectivity index (χ0v) is 20.4. The smallest absolute Gasteiger partial charge is 0.271 e. The van der Waals surface area contributed by atoms with Crippen LogP contribution in [-0.2, 0) is 14.6 Å². The maximum absolute atomic E-state index is 13.7. The molecule has 0 unspecified atom stereocenters. The zero-order valence-electron chi connectivity index (χ0n) is 18.8.